The van der Waals surface area contributed by atoms with Crippen LogP contribution in [-0.2, 0) is 22.5 Å². The van der Waals surface area contributed by atoms with Crippen LogP contribution < -0.4 is 10.1 Å². The van der Waals surface area contributed by atoms with E-state index in [1.54, 1.807) is 19.2 Å². The maximum absolute atomic E-state index is 12.1. The molecule has 2 aromatic rings. The summed E-state index contributed by atoms with van der Waals surface area (Å²) in [7, 11) is 1.65. The molecule has 0 saturated carbocycles. The van der Waals surface area contributed by atoms with Crippen molar-refractivity contribution >= 4 is 11.9 Å². The first-order valence-corrected chi connectivity index (χ1v) is 8.38. The first-order valence-electron chi connectivity index (χ1n) is 8.38. The van der Waals surface area contributed by atoms with Gasteiger partial charge in [-0.05, 0) is 35.4 Å². The van der Waals surface area contributed by atoms with Crippen molar-refractivity contribution in [3.8, 4) is 5.75 Å². The molecule has 6 nitrogen and oxygen atoms in total. The molecule has 0 spiro atoms. The van der Waals surface area contributed by atoms with E-state index < -0.39 is 5.97 Å². The SMILES string of the molecule is COCCCOc1cccc(CNC(=O)Cc2cccc(C(=O)O)c2)c1. The number of methoxy groups -OCH3 is 1. The fourth-order valence-electron chi connectivity index (χ4n) is 2.40. The Bertz CT molecular complexity index is 744. The number of hydrogen-bond acceptors (Lipinski definition) is 4. The summed E-state index contributed by atoms with van der Waals surface area (Å²) in [6, 6.07) is 13.9. The van der Waals surface area contributed by atoms with Crippen molar-refractivity contribution in [1.82, 2.24) is 5.32 Å². The van der Waals surface area contributed by atoms with Gasteiger partial charge >= 0.3 is 5.97 Å². The number of carbonyl (C=O) groups is 2. The lowest BCUT2D eigenvalue weighted by Gasteiger charge is -2.09. The summed E-state index contributed by atoms with van der Waals surface area (Å²) >= 11 is 0. The van der Waals surface area contributed by atoms with Gasteiger partial charge in [-0.1, -0.05) is 24.3 Å². The molecule has 0 aliphatic carbocycles. The molecule has 0 radical (unpaired) electrons. The second-order valence-corrected chi connectivity index (χ2v) is 5.80. The van der Waals surface area contributed by atoms with Gasteiger partial charge < -0.3 is 19.9 Å². The lowest BCUT2D eigenvalue weighted by atomic mass is 10.1. The number of rotatable bonds is 10. The lowest BCUT2D eigenvalue weighted by Crippen LogP contribution is -2.24. The van der Waals surface area contributed by atoms with Gasteiger partial charge in [-0.25, -0.2) is 4.79 Å². The molecule has 0 saturated heterocycles. The maximum Gasteiger partial charge on any atom is 0.335 e. The van der Waals surface area contributed by atoms with Gasteiger partial charge in [-0.2, -0.15) is 0 Å². The number of hydrogen-bond donors (Lipinski definition) is 2. The van der Waals surface area contributed by atoms with E-state index in [9.17, 15) is 9.59 Å². The minimum absolute atomic E-state index is 0.133. The third kappa shape index (κ3) is 6.57. The smallest absolute Gasteiger partial charge is 0.335 e. The summed E-state index contributed by atoms with van der Waals surface area (Å²) in [6.45, 7) is 1.61. The summed E-state index contributed by atoms with van der Waals surface area (Å²) in [4.78, 5) is 23.1. The Morgan fingerprint density at radius 3 is 2.58 bits per heavy atom. The van der Waals surface area contributed by atoms with Gasteiger partial charge in [0.05, 0.1) is 18.6 Å². The van der Waals surface area contributed by atoms with Crippen LogP contribution in [0.25, 0.3) is 0 Å². The van der Waals surface area contributed by atoms with Crippen molar-refractivity contribution in [2.45, 2.75) is 19.4 Å². The van der Waals surface area contributed by atoms with Gasteiger partial charge in [-0.15, -0.1) is 0 Å². The highest BCUT2D eigenvalue weighted by Gasteiger charge is 2.07. The van der Waals surface area contributed by atoms with Gasteiger partial charge in [-0.3, -0.25) is 4.79 Å². The Kier molecular flexibility index (Phi) is 7.64. The van der Waals surface area contributed by atoms with Crippen LogP contribution in [0.5, 0.6) is 5.75 Å². The molecule has 0 heterocycles. The zero-order valence-corrected chi connectivity index (χ0v) is 14.7. The molecular weight excluding hydrogens is 334 g/mol. The number of carbonyl (C=O) groups excluding carboxylic acids is 1. The Morgan fingerprint density at radius 1 is 1.04 bits per heavy atom. The Hall–Kier alpha value is -2.86. The Morgan fingerprint density at radius 2 is 1.81 bits per heavy atom. The van der Waals surface area contributed by atoms with Crippen LogP contribution in [0.3, 0.4) is 0 Å². The number of carboxylic acids is 1. The Labute approximate surface area is 152 Å². The molecule has 0 bridgehead atoms. The van der Waals surface area contributed by atoms with E-state index in [0.717, 1.165) is 17.7 Å². The third-order valence-electron chi connectivity index (χ3n) is 3.69. The quantitative estimate of drug-likeness (QED) is 0.639. The van der Waals surface area contributed by atoms with E-state index in [2.05, 4.69) is 5.32 Å². The molecule has 0 aromatic heterocycles. The molecule has 0 unspecified atom stereocenters. The van der Waals surface area contributed by atoms with Crippen molar-refractivity contribution in [3.05, 3.63) is 65.2 Å². The zero-order valence-electron chi connectivity index (χ0n) is 14.7. The molecule has 0 atom stereocenters. The predicted molar refractivity (Wildman–Crippen MR) is 97.4 cm³/mol. The fourth-order valence-corrected chi connectivity index (χ4v) is 2.40. The average molecular weight is 357 g/mol. The first kappa shape index (κ1) is 19.5. The topological polar surface area (TPSA) is 84.9 Å². The van der Waals surface area contributed by atoms with Gasteiger partial charge in [0.2, 0.25) is 5.91 Å². The van der Waals surface area contributed by atoms with Crippen molar-refractivity contribution in [2.24, 2.45) is 0 Å². The van der Waals surface area contributed by atoms with Crippen LogP contribution in [0.4, 0.5) is 0 Å². The van der Waals surface area contributed by atoms with Crippen LogP contribution in [-0.4, -0.2) is 37.3 Å². The average Bonchev–Trinajstić information content (AvgIpc) is 2.64. The van der Waals surface area contributed by atoms with Crippen molar-refractivity contribution in [3.63, 3.8) is 0 Å². The summed E-state index contributed by atoms with van der Waals surface area (Å²) in [5, 5.41) is 11.8. The Balaban J connectivity index is 1.83. The molecule has 0 aliphatic rings. The maximum atomic E-state index is 12.1. The summed E-state index contributed by atoms with van der Waals surface area (Å²) in [5.41, 5.74) is 1.77. The minimum atomic E-state index is -1.01. The highest BCUT2D eigenvalue weighted by molar-refractivity contribution is 5.88. The second-order valence-electron chi connectivity index (χ2n) is 5.80. The van der Waals surface area contributed by atoms with E-state index in [0.29, 0.717) is 25.3 Å². The zero-order chi connectivity index (χ0) is 18.8. The molecule has 0 aliphatic heterocycles. The van der Waals surface area contributed by atoms with Crippen LogP contribution in [0, 0.1) is 0 Å². The number of aromatic carboxylic acids is 1. The van der Waals surface area contributed by atoms with Gasteiger partial charge in [0, 0.05) is 26.7 Å². The van der Waals surface area contributed by atoms with E-state index in [1.807, 2.05) is 24.3 Å². The third-order valence-corrected chi connectivity index (χ3v) is 3.69. The van der Waals surface area contributed by atoms with Crippen LogP contribution in [0.2, 0.25) is 0 Å². The molecule has 138 valence electrons. The summed E-state index contributed by atoms with van der Waals surface area (Å²) in [5.74, 6) is -0.421. The summed E-state index contributed by atoms with van der Waals surface area (Å²) < 4.78 is 10.6. The van der Waals surface area contributed by atoms with Gasteiger partial charge in [0.15, 0.2) is 0 Å². The number of nitrogens with one attached hydrogen (secondary N) is 1. The van der Waals surface area contributed by atoms with Crippen LogP contribution in [0.1, 0.15) is 27.9 Å². The lowest BCUT2D eigenvalue weighted by molar-refractivity contribution is -0.120. The molecular formula is C20H23NO5. The minimum Gasteiger partial charge on any atom is -0.493 e. The fraction of sp³-hybridized carbons (Fsp3) is 0.300. The number of carboxylic acid groups (broad SMARTS) is 1. The largest absolute Gasteiger partial charge is 0.493 e. The highest BCUT2D eigenvalue weighted by atomic mass is 16.5. The molecule has 26 heavy (non-hydrogen) atoms. The van der Waals surface area contributed by atoms with Crippen molar-refractivity contribution in [2.75, 3.05) is 20.3 Å². The van der Waals surface area contributed by atoms with Crippen LogP contribution >= 0.6 is 0 Å². The molecule has 2 aromatic carbocycles. The molecule has 2 N–H and O–H groups in total. The predicted octanol–water partition coefficient (Wildman–Crippen LogP) is 2.66. The molecule has 1 amide bonds. The van der Waals surface area contributed by atoms with E-state index in [1.165, 1.54) is 12.1 Å². The van der Waals surface area contributed by atoms with Gasteiger partial charge in [0.25, 0.3) is 0 Å². The molecule has 2 rings (SSSR count). The monoisotopic (exact) mass is 357 g/mol. The van der Waals surface area contributed by atoms with Crippen LogP contribution in [0.15, 0.2) is 48.5 Å². The standard InChI is InChI=1S/C20H23NO5/c1-25-9-4-10-26-18-8-3-6-16(12-18)14-21-19(22)13-15-5-2-7-17(11-15)20(23)24/h2-3,5-8,11-12H,4,9-10,13-14H2,1H3,(H,21,22)(H,23,24). The van der Waals surface area contributed by atoms with Crippen molar-refractivity contribution < 1.29 is 24.2 Å². The molecule has 6 heteroatoms. The summed E-state index contributed by atoms with van der Waals surface area (Å²) in [6.07, 6.45) is 0.946. The van der Waals surface area contributed by atoms with Gasteiger partial charge in [0.1, 0.15) is 5.75 Å². The number of amides is 1. The number of ether oxygens (including phenoxy) is 2. The van der Waals surface area contributed by atoms with E-state index in [4.69, 9.17) is 14.6 Å². The van der Waals surface area contributed by atoms with E-state index in [-0.39, 0.29) is 17.9 Å². The normalized spacial score (nSPS) is 10.3. The van der Waals surface area contributed by atoms with E-state index >= 15 is 0 Å². The molecule has 0 fully saturated rings. The highest BCUT2D eigenvalue weighted by Crippen LogP contribution is 2.13. The second kappa shape index (κ2) is 10.2. The first-order chi connectivity index (χ1) is 12.6. The number of benzene rings is 2. The van der Waals surface area contributed by atoms with Crippen molar-refractivity contribution in [1.29, 1.82) is 0 Å².